The van der Waals surface area contributed by atoms with E-state index < -0.39 is 12.1 Å². The number of carbonyl (C=O) groups excluding carboxylic acids is 2. The number of piperidine rings is 1. The van der Waals surface area contributed by atoms with Crippen LogP contribution in [0.15, 0.2) is 42.7 Å². The first-order valence-electron chi connectivity index (χ1n) is 12.5. The number of aromatic nitrogens is 1. The zero-order chi connectivity index (χ0) is 24.5. The first-order valence-corrected chi connectivity index (χ1v) is 12.5. The first-order chi connectivity index (χ1) is 17.1. The second-order valence-electron chi connectivity index (χ2n) is 9.19. The maximum atomic E-state index is 12.5. The number of hydrogen-bond acceptors (Lipinski definition) is 7. The molecule has 1 amide bonds. The zero-order valence-corrected chi connectivity index (χ0v) is 20.3. The number of ether oxygens (including phenoxy) is 4. The van der Waals surface area contributed by atoms with Gasteiger partial charge in [0, 0.05) is 38.2 Å². The Morgan fingerprint density at radius 3 is 2.51 bits per heavy atom. The molecular weight excluding hydrogens is 448 g/mol. The van der Waals surface area contributed by atoms with Crippen LogP contribution >= 0.6 is 0 Å². The molecule has 2 aliphatic rings. The largest absolute Gasteiger partial charge is 0.493 e. The van der Waals surface area contributed by atoms with E-state index in [0.717, 1.165) is 30.4 Å². The zero-order valence-electron chi connectivity index (χ0n) is 20.3. The average molecular weight is 483 g/mol. The molecule has 0 bridgehead atoms. The van der Waals surface area contributed by atoms with E-state index in [4.69, 9.17) is 14.2 Å². The summed E-state index contributed by atoms with van der Waals surface area (Å²) >= 11 is 0. The summed E-state index contributed by atoms with van der Waals surface area (Å²) in [6, 6.07) is 9.25. The van der Waals surface area contributed by atoms with Gasteiger partial charge in [-0.25, -0.2) is 9.59 Å². The van der Waals surface area contributed by atoms with Gasteiger partial charge in [0.25, 0.3) is 0 Å². The van der Waals surface area contributed by atoms with E-state index >= 15 is 0 Å². The maximum Gasteiger partial charge on any atom is 0.415 e. The number of esters is 1. The first kappa shape index (κ1) is 24.8. The van der Waals surface area contributed by atoms with Crippen LogP contribution in [0.25, 0.3) is 0 Å². The molecule has 2 fully saturated rings. The minimum Gasteiger partial charge on any atom is -0.493 e. The van der Waals surface area contributed by atoms with Crippen molar-refractivity contribution in [2.24, 2.45) is 5.92 Å². The molecule has 1 aliphatic heterocycles. The van der Waals surface area contributed by atoms with E-state index in [1.165, 1.54) is 57.7 Å². The van der Waals surface area contributed by atoms with Gasteiger partial charge in [0.15, 0.2) is 5.75 Å². The minimum atomic E-state index is -0.535. The lowest BCUT2D eigenvalue weighted by Gasteiger charge is -2.31. The molecule has 1 aliphatic carbocycles. The van der Waals surface area contributed by atoms with Gasteiger partial charge < -0.3 is 23.8 Å². The highest BCUT2D eigenvalue weighted by Crippen LogP contribution is 2.28. The molecule has 8 heteroatoms. The SMILES string of the molecule is COC(=O)c1cncc(OC(=O)N2CCC(Oc3cccc(OCCC4CCCCC4)c3)CC2)c1. The molecule has 1 saturated heterocycles. The van der Waals surface area contributed by atoms with Crippen molar-refractivity contribution in [3.05, 3.63) is 48.3 Å². The van der Waals surface area contributed by atoms with Crippen LogP contribution in [0.5, 0.6) is 17.2 Å². The molecule has 1 aromatic heterocycles. The Hall–Kier alpha value is -3.29. The number of rotatable bonds is 8. The molecule has 0 spiro atoms. The smallest absolute Gasteiger partial charge is 0.415 e. The summed E-state index contributed by atoms with van der Waals surface area (Å²) < 4.78 is 22.2. The van der Waals surface area contributed by atoms with Crippen molar-refractivity contribution in [1.82, 2.24) is 9.88 Å². The van der Waals surface area contributed by atoms with Gasteiger partial charge in [0.05, 0.1) is 25.5 Å². The Labute approximate surface area is 206 Å². The summed E-state index contributed by atoms with van der Waals surface area (Å²) in [6.45, 7) is 1.78. The van der Waals surface area contributed by atoms with Crippen LogP contribution in [0.4, 0.5) is 4.79 Å². The second kappa shape index (κ2) is 12.4. The lowest BCUT2D eigenvalue weighted by Crippen LogP contribution is -2.43. The topological polar surface area (TPSA) is 87.2 Å². The highest BCUT2D eigenvalue weighted by Gasteiger charge is 2.25. The monoisotopic (exact) mass is 482 g/mol. The van der Waals surface area contributed by atoms with Gasteiger partial charge in [-0.2, -0.15) is 0 Å². The summed E-state index contributed by atoms with van der Waals surface area (Å²) in [7, 11) is 1.29. The van der Waals surface area contributed by atoms with E-state index in [2.05, 4.69) is 9.72 Å². The Morgan fingerprint density at radius 2 is 1.74 bits per heavy atom. The van der Waals surface area contributed by atoms with Gasteiger partial charge in [0.1, 0.15) is 17.6 Å². The summed E-state index contributed by atoms with van der Waals surface area (Å²) in [5.41, 5.74) is 0.227. The maximum absolute atomic E-state index is 12.5. The van der Waals surface area contributed by atoms with Crippen LogP contribution < -0.4 is 14.2 Å². The number of benzene rings is 1. The van der Waals surface area contributed by atoms with Crippen molar-refractivity contribution < 1.29 is 28.5 Å². The number of nitrogens with zero attached hydrogens (tertiary/aromatic N) is 2. The van der Waals surface area contributed by atoms with E-state index in [-0.39, 0.29) is 17.4 Å². The lowest BCUT2D eigenvalue weighted by molar-refractivity contribution is 0.0598. The average Bonchev–Trinajstić information content (AvgIpc) is 2.89. The Balaban J connectivity index is 1.21. The fourth-order valence-corrected chi connectivity index (χ4v) is 4.67. The molecule has 2 heterocycles. The van der Waals surface area contributed by atoms with Gasteiger partial charge >= 0.3 is 12.1 Å². The number of amides is 1. The number of likely N-dealkylation sites (tertiary alicyclic amines) is 1. The lowest BCUT2D eigenvalue weighted by atomic mass is 9.87. The number of hydrogen-bond donors (Lipinski definition) is 0. The number of methoxy groups -OCH3 is 1. The quantitative estimate of drug-likeness (QED) is 0.474. The molecule has 1 aromatic carbocycles. The molecule has 4 rings (SSSR count). The molecule has 188 valence electrons. The van der Waals surface area contributed by atoms with Crippen LogP contribution in [0.1, 0.15) is 61.7 Å². The summed E-state index contributed by atoms with van der Waals surface area (Å²) in [5.74, 6) is 2.09. The summed E-state index contributed by atoms with van der Waals surface area (Å²) in [5, 5.41) is 0. The summed E-state index contributed by atoms with van der Waals surface area (Å²) in [4.78, 5) is 29.8. The van der Waals surface area contributed by atoms with E-state index in [0.29, 0.717) is 25.9 Å². The van der Waals surface area contributed by atoms with Crippen molar-refractivity contribution in [2.75, 3.05) is 26.8 Å². The Bertz CT molecular complexity index is 983. The van der Waals surface area contributed by atoms with Crippen LogP contribution in [0.3, 0.4) is 0 Å². The molecule has 2 aromatic rings. The van der Waals surface area contributed by atoms with Crippen LogP contribution in [-0.4, -0.2) is 54.9 Å². The Morgan fingerprint density at radius 1 is 0.971 bits per heavy atom. The standard InChI is InChI=1S/C27H34N2O6/c1-32-26(30)21-16-25(19-28-18-21)35-27(31)29-13-10-22(11-14-29)34-24-9-5-8-23(17-24)33-15-12-20-6-3-2-4-7-20/h5,8-9,16-20,22H,2-4,6-7,10-15H2,1H3. The molecular formula is C27H34N2O6. The van der Waals surface area contributed by atoms with Crippen LogP contribution in [0, 0.1) is 5.92 Å². The van der Waals surface area contributed by atoms with Gasteiger partial charge in [0.2, 0.25) is 0 Å². The van der Waals surface area contributed by atoms with Gasteiger partial charge in [-0.15, -0.1) is 0 Å². The molecule has 0 atom stereocenters. The van der Waals surface area contributed by atoms with Gasteiger partial charge in [-0.05, 0) is 30.5 Å². The number of carbonyl (C=O) groups is 2. The van der Waals surface area contributed by atoms with Crippen molar-refractivity contribution in [3.8, 4) is 17.2 Å². The minimum absolute atomic E-state index is 0.0147. The van der Waals surface area contributed by atoms with Crippen LogP contribution in [-0.2, 0) is 4.74 Å². The third-order valence-corrected chi connectivity index (χ3v) is 6.67. The molecule has 0 unspecified atom stereocenters. The second-order valence-corrected chi connectivity index (χ2v) is 9.19. The molecule has 35 heavy (non-hydrogen) atoms. The molecule has 0 N–H and O–H groups in total. The van der Waals surface area contributed by atoms with Crippen molar-refractivity contribution in [3.63, 3.8) is 0 Å². The predicted octanol–water partition coefficient (Wildman–Crippen LogP) is 5.26. The molecule has 8 nitrogen and oxygen atoms in total. The van der Waals surface area contributed by atoms with E-state index in [9.17, 15) is 9.59 Å². The van der Waals surface area contributed by atoms with Crippen molar-refractivity contribution >= 4 is 12.1 Å². The molecule has 1 saturated carbocycles. The fourth-order valence-electron chi connectivity index (χ4n) is 4.67. The summed E-state index contributed by atoms with van der Waals surface area (Å²) in [6.07, 6.45) is 11.5. The third-order valence-electron chi connectivity index (χ3n) is 6.67. The molecule has 0 radical (unpaired) electrons. The van der Waals surface area contributed by atoms with E-state index in [1.54, 1.807) is 4.90 Å². The predicted molar refractivity (Wildman–Crippen MR) is 130 cm³/mol. The normalized spacial score (nSPS) is 17.0. The van der Waals surface area contributed by atoms with Gasteiger partial charge in [-0.3, -0.25) is 4.98 Å². The highest BCUT2D eigenvalue weighted by molar-refractivity contribution is 5.89. The van der Waals surface area contributed by atoms with Crippen LogP contribution in [0.2, 0.25) is 0 Å². The van der Waals surface area contributed by atoms with Gasteiger partial charge in [-0.1, -0.05) is 38.2 Å². The highest BCUT2D eigenvalue weighted by atomic mass is 16.6. The van der Waals surface area contributed by atoms with E-state index in [1.807, 2.05) is 24.3 Å². The Kier molecular flexibility index (Phi) is 8.81. The third kappa shape index (κ3) is 7.34. The fraction of sp³-hybridized carbons (Fsp3) is 0.519. The van der Waals surface area contributed by atoms with Crippen molar-refractivity contribution in [2.45, 2.75) is 57.5 Å². The number of pyridine rings is 1. The van der Waals surface area contributed by atoms with Crippen molar-refractivity contribution in [1.29, 1.82) is 0 Å².